The Balaban J connectivity index is 2.30. The molecule has 1 aromatic heterocycles. The van der Waals surface area contributed by atoms with Gasteiger partial charge in [0.15, 0.2) is 0 Å². The molecule has 0 fully saturated rings. The summed E-state index contributed by atoms with van der Waals surface area (Å²) in [7, 11) is 1.73. The zero-order chi connectivity index (χ0) is 11.8. The molecule has 0 saturated carbocycles. The Labute approximate surface area is 101 Å². The minimum Gasteiger partial charge on any atom is -0.383 e. The summed E-state index contributed by atoms with van der Waals surface area (Å²) in [4.78, 5) is 4.41. The topological polar surface area (TPSA) is 60.2 Å². The van der Waals surface area contributed by atoms with E-state index in [1.54, 1.807) is 18.4 Å². The van der Waals surface area contributed by atoms with Crippen molar-refractivity contribution in [2.24, 2.45) is 5.73 Å². The highest BCUT2D eigenvalue weighted by Gasteiger charge is 2.08. The summed E-state index contributed by atoms with van der Waals surface area (Å²) in [6.07, 6.45) is 2.08. The van der Waals surface area contributed by atoms with Crippen LogP contribution in [0, 0.1) is 6.92 Å². The minimum absolute atomic E-state index is 0.373. The van der Waals surface area contributed by atoms with Crippen molar-refractivity contribution in [3.05, 3.63) is 16.1 Å². The van der Waals surface area contributed by atoms with E-state index in [0.717, 1.165) is 43.2 Å². The lowest BCUT2D eigenvalue weighted by molar-refractivity contribution is 0.161. The van der Waals surface area contributed by atoms with Crippen molar-refractivity contribution in [3.8, 4) is 0 Å². The molecular weight excluding hydrogens is 222 g/mol. The summed E-state index contributed by atoms with van der Waals surface area (Å²) < 4.78 is 5.17. The van der Waals surface area contributed by atoms with Gasteiger partial charge in [0, 0.05) is 30.8 Å². The number of nitrogens with zero attached hydrogens (tertiary/aromatic N) is 1. The number of methoxy groups -OCH3 is 1. The molecular formula is C11H21N3OS. The van der Waals surface area contributed by atoms with E-state index in [1.165, 1.54) is 0 Å². The lowest BCUT2D eigenvalue weighted by Gasteiger charge is -2.16. The quantitative estimate of drug-likeness (QED) is 0.722. The van der Waals surface area contributed by atoms with Crippen molar-refractivity contribution in [2.75, 3.05) is 20.3 Å². The maximum absolute atomic E-state index is 5.50. The van der Waals surface area contributed by atoms with Gasteiger partial charge >= 0.3 is 0 Å². The van der Waals surface area contributed by atoms with Gasteiger partial charge in [-0.1, -0.05) is 0 Å². The van der Waals surface area contributed by atoms with Gasteiger partial charge in [0.05, 0.1) is 6.61 Å². The highest BCUT2D eigenvalue weighted by atomic mass is 32.1. The summed E-state index contributed by atoms with van der Waals surface area (Å²) in [6, 6.07) is 0.373. The fourth-order valence-electron chi connectivity index (χ4n) is 1.53. The van der Waals surface area contributed by atoms with Gasteiger partial charge in [-0.25, -0.2) is 4.98 Å². The fourth-order valence-corrected chi connectivity index (χ4v) is 2.25. The molecule has 0 saturated heterocycles. The van der Waals surface area contributed by atoms with Crippen LogP contribution >= 0.6 is 11.3 Å². The van der Waals surface area contributed by atoms with Gasteiger partial charge in [-0.15, -0.1) is 11.3 Å². The van der Waals surface area contributed by atoms with E-state index in [0.29, 0.717) is 6.04 Å². The monoisotopic (exact) mass is 243 g/mol. The summed E-state index contributed by atoms with van der Waals surface area (Å²) in [5.74, 6) is 0. The molecule has 3 N–H and O–H groups in total. The van der Waals surface area contributed by atoms with Gasteiger partial charge in [-0.05, 0) is 26.3 Å². The summed E-state index contributed by atoms with van der Waals surface area (Å²) in [6.45, 7) is 4.29. The summed E-state index contributed by atoms with van der Waals surface area (Å²) in [5, 5.41) is 6.65. The zero-order valence-corrected chi connectivity index (χ0v) is 10.8. The number of aromatic nitrogens is 1. The molecule has 4 nitrogen and oxygen atoms in total. The number of nitrogens with one attached hydrogen (secondary N) is 1. The minimum atomic E-state index is 0.373. The molecule has 0 aliphatic carbocycles. The van der Waals surface area contributed by atoms with Crippen LogP contribution in [0.25, 0.3) is 0 Å². The Kier molecular flexibility index (Phi) is 6.56. The molecule has 1 heterocycles. The van der Waals surface area contributed by atoms with E-state index >= 15 is 0 Å². The second kappa shape index (κ2) is 7.73. The molecule has 5 heteroatoms. The van der Waals surface area contributed by atoms with Crippen LogP contribution in [-0.2, 0) is 11.3 Å². The van der Waals surface area contributed by atoms with E-state index in [1.807, 2.05) is 6.92 Å². The van der Waals surface area contributed by atoms with Crippen LogP contribution in [-0.4, -0.2) is 31.3 Å². The Morgan fingerprint density at radius 1 is 1.62 bits per heavy atom. The van der Waals surface area contributed by atoms with Crippen LogP contribution in [0.3, 0.4) is 0 Å². The number of hydrogen-bond acceptors (Lipinski definition) is 5. The van der Waals surface area contributed by atoms with Gasteiger partial charge in [0.1, 0.15) is 5.01 Å². The molecule has 0 radical (unpaired) electrons. The number of aryl methyl sites for hydroxylation is 1. The fraction of sp³-hybridized carbons (Fsp3) is 0.727. The maximum Gasteiger partial charge on any atom is 0.107 e. The highest BCUT2D eigenvalue weighted by molar-refractivity contribution is 7.09. The molecule has 0 bridgehead atoms. The standard InChI is InChI=1S/C11H21N3OS/c1-9-8-16-11(14-9)6-13-10(7-15-2)4-3-5-12/h8,10,13H,3-7,12H2,1-2H3. The van der Waals surface area contributed by atoms with Crippen LogP contribution in [0.2, 0.25) is 0 Å². The first-order valence-electron chi connectivity index (χ1n) is 5.59. The van der Waals surface area contributed by atoms with Crippen molar-refractivity contribution in [1.82, 2.24) is 10.3 Å². The van der Waals surface area contributed by atoms with Crippen LogP contribution in [0.15, 0.2) is 5.38 Å². The van der Waals surface area contributed by atoms with Crippen molar-refractivity contribution in [3.63, 3.8) is 0 Å². The highest BCUT2D eigenvalue weighted by Crippen LogP contribution is 2.09. The summed E-state index contributed by atoms with van der Waals surface area (Å²) >= 11 is 1.69. The van der Waals surface area contributed by atoms with E-state index in [9.17, 15) is 0 Å². The van der Waals surface area contributed by atoms with Crippen molar-refractivity contribution < 1.29 is 4.74 Å². The SMILES string of the molecule is COCC(CCCN)NCc1nc(C)cs1. The van der Waals surface area contributed by atoms with Crippen molar-refractivity contribution in [1.29, 1.82) is 0 Å². The van der Waals surface area contributed by atoms with Gasteiger partial charge < -0.3 is 15.8 Å². The number of ether oxygens (including phenoxy) is 1. The molecule has 1 rings (SSSR count). The van der Waals surface area contributed by atoms with Gasteiger partial charge in [-0.2, -0.15) is 0 Å². The van der Waals surface area contributed by atoms with E-state index in [4.69, 9.17) is 10.5 Å². The molecule has 1 unspecified atom stereocenters. The van der Waals surface area contributed by atoms with Crippen LogP contribution in [0.1, 0.15) is 23.5 Å². The Morgan fingerprint density at radius 3 is 3.00 bits per heavy atom. The normalized spacial score (nSPS) is 12.9. The molecule has 0 aromatic carbocycles. The van der Waals surface area contributed by atoms with E-state index < -0.39 is 0 Å². The van der Waals surface area contributed by atoms with Crippen LogP contribution in [0.5, 0.6) is 0 Å². The molecule has 0 aliphatic heterocycles. The first-order valence-corrected chi connectivity index (χ1v) is 6.47. The molecule has 0 spiro atoms. The Hall–Kier alpha value is -0.490. The largest absolute Gasteiger partial charge is 0.383 e. The lowest BCUT2D eigenvalue weighted by atomic mass is 10.1. The van der Waals surface area contributed by atoms with Gasteiger partial charge in [0.25, 0.3) is 0 Å². The van der Waals surface area contributed by atoms with Crippen molar-refractivity contribution >= 4 is 11.3 Å². The Morgan fingerprint density at radius 2 is 2.44 bits per heavy atom. The molecule has 0 aliphatic rings. The smallest absolute Gasteiger partial charge is 0.107 e. The first kappa shape index (κ1) is 13.6. The average Bonchev–Trinajstić information content (AvgIpc) is 2.68. The van der Waals surface area contributed by atoms with Crippen LogP contribution < -0.4 is 11.1 Å². The number of nitrogens with two attached hydrogens (primary N) is 1. The number of thiazole rings is 1. The molecule has 16 heavy (non-hydrogen) atoms. The predicted octanol–water partition coefficient (Wildman–Crippen LogP) is 1.30. The van der Waals surface area contributed by atoms with E-state index in [2.05, 4.69) is 15.7 Å². The molecule has 1 aromatic rings. The molecule has 92 valence electrons. The van der Waals surface area contributed by atoms with Gasteiger partial charge in [-0.3, -0.25) is 0 Å². The molecule has 0 amide bonds. The Bertz CT molecular complexity index is 291. The third kappa shape index (κ3) is 5.03. The average molecular weight is 243 g/mol. The zero-order valence-electron chi connectivity index (χ0n) is 10.0. The van der Waals surface area contributed by atoms with Crippen LogP contribution in [0.4, 0.5) is 0 Å². The van der Waals surface area contributed by atoms with Gasteiger partial charge in [0.2, 0.25) is 0 Å². The second-order valence-corrected chi connectivity index (χ2v) is 4.79. The lowest BCUT2D eigenvalue weighted by Crippen LogP contribution is -2.33. The predicted molar refractivity (Wildman–Crippen MR) is 67.6 cm³/mol. The first-order chi connectivity index (χ1) is 7.76. The number of rotatable bonds is 8. The third-order valence-corrected chi connectivity index (χ3v) is 3.30. The third-order valence-electron chi connectivity index (χ3n) is 2.33. The second-order valence-electron chi connectivity index (χ2n) is 3.85. The maximum atomic E-state index is 5.50. The van der Waals surface area contributed by atoms with E-state index in [-0.39, 0.29) is 0 Å². The summed E-state index contributed by atoms with van der Waals surface area (Å²) in [5.41, 5.74) is 6.59. The van der Waals surface area contributed by atoms with Crippen molar-refractivity contribution in [2.45, 2.75) is 32.4 Å². The molecule has 1 atom stereocenters. The number of hydrogen-bond donors (Lipinski definition) is 2.